The summed E-state index contributed by atoms with van der Waals surface area (Å²) in [5.74, 6) is -0.842. The van der Waals surface area contributed by atoms with Crippen molar-refractivity contribution in [3.63, 3.8) is 0 Å². The smallest absolute Gasteiger partial charge is 0.251 e. The minimum absolute atomic E-state index is 0.0779. The number of rotatable bonds is 4. The Morgan fingerprint density at radius 2 is 1.88 bits per heavy atom. The van der Waals surface area contributed by atoms with Gasteiger partial charge in [-0.25, -0.2) is 18.5 Å². The van der Waals surface area contributed by atoms with Crippen molar-refractivity contribution in [3.05, 3.63) is 28.0 Å². The van der Waals surface area contributed by atoms with Crippen LogP contribution in [-0.2, 0) is 10.0 Å². The first-order valence-electron chi connectivity index (χ1n) is 4.40. The van der Waals surface area contributed by atoms with E-state index in [4.69, 9.17) is 28.3 Å². The highest BCUT2D eigenvalue weighted by molar-refractivity contribution is 7.89. The van der Waals surface area contributed by atoms with Crippen molar-refractivity contribution in [2.75, 3.05) is 12.3 Å². The van der Waals surface area contributed by atoms with E-state index in [1.165, 1.54) is 12.1 Å². The molecule has 0 aliphatic heterocycles. The summed E-state index contributed by atoms with van der Waals surface area (Å²) in [6.07, 6.45) is 0. The quantitative estimate of drug-likeness (QED) is 0.786. The van der Waals surface area contributed by atoms with Crippen molar-refractivity contribution in [3.8, 4) is 0 Å². The van der Waals surface area contributed by atoms with Gasteiger partial charge in [-0.2, -0.15) is 0 Å². The molecule has 1 aromatic heterocycles. The van der Waals surface area contributed by atoms with Gasteiger partial charge in [-0.3, -0.25) is 4.79 Å². The fraction of sp³-hybridized carbons (Fsp3) is 0.250. The van der Waals surface area contributed by atoms with Gasteiger partial charge in [-0.05, 0) is 12.1 Å². The van der Waals surface area contributed by atoms with Gasteiger partial charge in [0.05, 0.1) is 5.75 Å². The van der Waals surface area contributed by atoms with Gasteiger partial charge in [-0.1, -0.05) is 23.2 Å². The Morgan fingerprint density at radius 3 is 2.35 bits per heavy atom. The van der Waals surface area contributed by atoms with Crippen LogP contribution in [0.15, 0.2) is 12.1 Å². The number of amides is 1. The number of nitrogens with one attached hydrogen (secondary N) is 1. The molecule has 0 unspecified atom stereocenters. The van der Waals surface area contributed by atoms with Gasteiger partial charge in [-0.15, -0.1) is 0 Å². The van der Waals surface area contributed by atoms with Gasteiger partial charge in [0.15, 0.2) is 0 Å². The maximum atomic E-state index is 11.5. The zero-order valence-corrected chi connectivity index (χ0v) is 10.8. The number of hydrogen-bond acceptors (Lipinski definition) is 4. The largest absolute Gasteiger partial charge is 0.351 e. The number of sulfonamides is 1. The first-order valence-corrected chi connectivity index (χ1v) is 6.87. The van der Waals surface area contributed by atoms with E-state index in [2.05, 4.69) is 10.3 Å². The normalized spacial score (nSPS) is 11.2. The SMILES string of the molecule is NS(=O)(=O)CCNC(=O)c1cc(Cl)nc(Cl)c1. The van der Waals surface area contributed by atoms with Gasteiger partial charge in [0, 0.05) is 12.1 Å². The summed E-state index contributed by atoms with van der Waals surface area (Å²) in [5.41, 5.74) is 0.199. The van der Waals surface area contributed by atoms with E-state index in [0.29, 0.717) is 0 Å². The van der Waals surface area contributed by atoms with Gasteiger partial charge in [0.25, 0.3) is 5.91 Å². The summed E-state index contributed by atoms with van der Waals surface area (Å²) in [6.45, 7) is -0.0881. The Bertz CT molecular complexity index is 513. The van der Waals surface area contributed by atoms with Crippen LogP contribution in [0.1, 0.15) is 10.4 Å². The van der Waals surface area contributed by atoms with Crippen LogP contribution < -0.4 is 10.5 Å². The average Bonchev–Trinajstić information content (AvgIpc) is 2.13. The van der Waals surface area contributed by atoms with Crippen molar-refractivity contribution in [1.82, 2.24) is 10.3 Å². The Labute approximate surface area is 108 Å². The van der Waals surface area contributed by atoms with Crippen molar-refractivity contribution >= 4 is 39.1 Å². The molecule has 1 heterocycles. The molecule has 1 aromatic rings. The highest BCUT2D eigenvalue weighted by atomic mass is 35.5. The molecule has 0 aliphatic carbocycles. The Balaban J connectivity index is 2.64. The van der Waals surface area contributed by atoms with E-state index >= 15 is 0 Å². The fourth-order valence-electron chi connectivity index (χ4n) is 1.00. The molecule has 0 spiro atoms. The van der Waals surface area contributed by atoms with Gasteiger partial charge in [0.2, 0.25) is 10.0 Å². The molecule has 0 atom stereocenters. The van der Waals surface area contributed by atoms with Crippen LogP contribution in [0.4, 0.5) is 0 Å². The van der Waals surface area contributed by atoms with E-state index in [9.17, 15) is 13.2 Å². The van der Waals surface area contributed by atoms with Crippen LogP contribution in [0.3, 0.4) is 0 Å². The number of halogens is 2. The van der Waals surface area contributed by atoms with Crippen molar-refractivity contribution in [2.24, 2.45) is 5.14 Å². The molecule has 1 amide bonds. The molecule has 0 saturated heterocycles. The summed E-state index contributed by atoms with van der Waals surface area (Å²) in [7, 11) is -3.60. The van der Waals surface area contributed by atoms with E-state index in [0.717, 1.165) is 0 Å². The van der Waals surface area contributed by atoms with Crippen molar-refractivity contribution < 1.29 is 13.2 Å². The minimum Gasteiger partial charge on any atom is -0.351 e. The van der Waals surface area contributed by atoms with E-state index in [1.54, 1.807) is 0 Å². The van der Waals surface area contributed by atoms with E-state index in [1.807, 2.05) is 0 Å². The molecule has 0 bridgehead atoms. The number of aromatic nitrogens is 1. The molecule has 0 fully saturated rings. The summed E-state index contributed by atoms with van der Waals surface area (Å²) >= 11 is 11.2. The highest BCUT2D eigenvalue weighted by Crippen LogP contribution is 2.14. The highest BCUT2D eigenvalue weighted by Gasteiger charge is 2.09. The molecule has 17 heavy (non-hydrogen) atoms. The second kappa shape index (κ2) is 5.63. The molecule has 0 aliphatic rings. The van der Waals surface area contributed by atoms with Gasteiger partial charge >= 0.3 is 0 Å². The minimum atomic E-state index is -3.60. The number of carbonyl (C=O) groups is 1. The molecule has 0 aromatic carbocycles. The fourth-order valence-corrected chi connectivity index (χ4v) is 1.85. The Morgan fingerprint density at radius 1 is 1.35 bits per heavy atom. The molecule has 0 radical (unpaired) electrons. The van der Waals surface area contributed by atoms with Gasteiger partial charge in [0.1, 0.15) is 10.3 Å². The third kappa shape index (κ3) is 5.31. The second-order valence-electron chi connectivity index (χ2n) is 3.12. The molecular weight excluding hydrogens is 289 g/mol. The maximum Gasteiger partial charge on any atom is 0.251 e. The lowest BCUT2D eigenvalue weighted by atomic mass is 10.2. The van der Waals surface area contributed by atoms with Crippen LogP contribution in [0.25, 0.3) is 0 Å². The first kappa shape index (κ1) is 14.2. The zero-order valence-electron chi connectivity index (χ0n) is 8.48. The standard InChI is InChI=1S/C8H9Cl2N3O3S/c9-6-3-5(4-7(10)13-6)8(14)12-1-2-17(11,15)16/h3-4H,1-2H2,(H,12,14)(H2,11,15,16). The van der Waals surface area contributed by atoms with Crippen LogP contribution in [-0.4, -0.2) is 31.6 Å². The summed E-state index contributed by atoms with van der Waals surface area (Å²) in [4.78, 5) is 15.2. The molecule has 94 valence electrons. The number of nitrogens with zero attached hydrogens (tertiary/aromatic N) is 1. The molecule has 0 saturated carbocycles. The predicted molar refractivity (Wildman–Crippen MR) is 64.6 cm³/mol. The van der Waals surface area contributed by atoms with E-state index < -0.39 is 15.9 Å². The number of primary sulfonamides is 1. The first-order chi connectivity index (χ1) is 7.78. The summed E-state index contributed by atoms with van der Waals surface area (Å²) in [6, 6.07) is 2.64. The molecule has 6 nitrogen and oxygen atoms in total. The third-order valence-corrected chi connectivity index (χ3v) is 2.86. The maximum absolute atomic E-state index is 11.5. The molecule has 1 rings (SSSR count). The molecule has 3 N–H and O–H groups in total. The lowest BCUT2D eigenvalue weighted by molar-refractivity contribution is 0.0956. The average molecular weight is 298 g/mol. The number of pyridine rings is 1. The topological polar surface area (TPSA) is 102 Å². The lowest BCUT2D eigenvalue weighted by Crippen LogP contribution is -2.31. The van der Waals surface area contributed by atoms with Crippen LogP contribution in [0, 0.1) is 0 Å². The van der Waals surface area contributed by atoms with Crippen molar-refractivity contribution in [2.45, 2.75) is 0 Å². The Kier molecular flexibility index (Phi) is 4.70. The zero-order chi connectivity index (χ0) is 13.1. The lowest BCUT2D eigenvalue weighted by Gasteiger charge is -2.04. The van der Waals surface area contributed by atoms with Crippen LogP contribution in [0.2, 0.25) is 10.3 Å². The predicted octanol–water partition coefficient (Wildman–Crippen LogP) is 0.407. The Hall–Kier alpha value is -0.890. The number of nitrogens with two attached hydrogens (primary N) is 1. The summed E-state index contributed by atoms with van der Waals surface area (Å²) < 4.78 is 21.3. The molecule has 9 heteroatoms. The monoisotopic (exact) mass is 297 g/mol. The second-order valence-corrected chi connectivity index (χ2v) is 5.63. The van der Waals surface area contributed by atoms with Crippen LogP contribution in [0.5, 0.6) is 0 Å². The number of carbonyl (C=O) groups excluding carboxylic acids is 1. The summed E-state index contributed by atoms with van der Waals surface area (Å²) in [5, 5.41) is 7.30. The van der Waals surface area contributed by atoms with Crippen LogP contribution >= 0.6 is 23.2 Å². The van der Waals surface area contributed by atoms with Crippen molar-refractivity contribution in [1.29, 1.82) is 0 Å². The molecular formula is C8H9Cl2N3O3S. The van der Waals surface area contributed by atoms with Gasteiger partial charge < -0.3 is 5.32 Å². The number of hydrogen-bond donors (Lipinski definition) is 2. The third-order valence-electron chi connectivity index (χ3n) is 1.70. The van der Waals surface area contributed by atoms with E-state index in [-0.39, 0.29) is 28.2 Å².